The van der Waals surface area contributed by atoms with Crippen molar-refractivity contribution in [2.45, 2.75) is 13.3 Å². The van der Waals surface area contributed by atoms with E-state index >= 15 is 0 Å². The lowest BCUT2D eigenvalue weighted by atomic mass is 10.2. The normalized spacial score (nSPS) is 10.7. The van der Waals surface area contributed by atoms with Gasteiger partial charge in [-0.3, -0.25) is 0 Å². The molecule has 0 spiro atoms. The third kappa shape index (κ3) is 2.35. The third-order valence-corrected chi connectivity index (χ3v) is 3.02. The van der Waals surface area contributed by atoms with Crippen molar-refractivity contribution in [2.75, 3.05) is 13.7 Å². The molecule has 0 aliphatic rings. The van der Waals surface area contributed by atoms with Crippen LogP contribution in [0.1, 0.15) is 11.3 Å². The minimum atomic E-state index is 0.0729. The number of halogens is 1. The van der Waals surface area contributed by atoms with Gasteiger partial charge in [-0.05, 0) is 31.2 Å². The van der Waals surface area contributed by atoms with Crippen LogP contribution in [0.15, 0.2) is 24.3 Å². The maximum absolute atomic E-state index is 9.07. The number of ether oxygens (including phenoxy) is 1. The number of aromatic nitrogens is 2. The largest absolute Gasteiger partial charge is 0.481 e. The monoisotopic (exact) mass is 266 g/mol. The van der Waals surface area contributed by atoms with Crippen LogP contribution in [-0.2, 0) is 6.42 Å². The van der Waals surface area contributed by atoms with Crippen molar-refractivity contribution in [3.05, 3.63) is 40.5 Å². The fourth-order valence-electron chi connectivity index (χ4n) is 1.90. The average Bonchev–Trinajstić information content (AvgIpc) is 2.68. The zero-order chi connectivity index (χ0) is 13.1. The van der Waals surface area contributed by atoms with Crippen molar-refractivity contribution in [3.63, 3.8) is 0 Å². The molecule has 2 rings (SSSR count). The second-order valence-electron chi connectivity index (χ2n) is 3.94. The Morgan fingerprint density at radius 2 is 2.00 bits per heavy atom. The number of methoxy groups -OCH3 is 1. The van der Waals surface area contributed by atoms with Crippen molar-refractivity contribution in [1.82, 2.24) is 9.78 Å². The Balaban J connectivity index is 2.50. The summed E-state index contributed by atoms with van der Waals surface area (Å²) in [5.41, 5.74) is 2.66. The Labute approximate surface area is 111 Å². The number of benzene rings is 1. The van der Waals surface area contributed by atoms with Gasteiger partial charge in [0.2, 0.25) is 5.88 Å². The molecule has 2 aromatic rings. The van der Waals surface area contributed by atoms with Gasteiger partial charge in [0.25, 0.3) is 0 Å². The highest BCUT2D eigenvalue weighted by Gasteiger charge is 2.16. The number of rotatable bonds is 4. The Morgan fingerprint density at radius 1 is 1.33 bits per heavy atom. The summed E-state index contributed by atoms with van der Waals surface area (Å²) in [5.74, 6) is 0.656. The summed E-state index contributed by atoms with van der Waals surface area (Å²) in [6.45, 7) is 1.98. The average molecular weight is 267 g/mol. The Kier molecular flexibility index (Phi) is 3.89. The fraction of sp³-hybridized carbons (Fsp3) is 0.308. The van der Waals surface area contributed by atoms with Crippen molar-refractivity contribution in [2.24, 2.45) is 0 Å². The lowest BCUT2D eigenvalue weighted by molar-refractivity contribution is 0.295. The molecule has 1 N–H and O–H groups in total. The minimum Gasteiger partial charge on any atom is -0.481 e. The number of aliphatic hydroxyl groups excluding tert-OH is 1. The fourth-order valence-corrected chi connectivity index (χ4v) is 2.03. The Morgan fingerprint density at radius 3 is 2.56 bits per heavy atom. The van der Waals surface area contributed by atoms with Crippen LogP contribution in [0.2, 0.25) is 5.02 Å². The Hall–Kier alpha value is -1.52. The van der Waals surface area contributed by atoms with Crippen LogP contribution in [0, 0.1) is 6.92 Å². The highest BCUT2D eigenvalue weighted by Crippen LogP contribution is 2.26. The van der Waals surface area contributed by atoms with Crippen molar-refractivity contribution < 1.29 is 9.84 Å². The Bertz CT molecular complexity index is 535. The summed E-state index contributed by atoms with van der Waals surface area (Å²) in [5, 5.41) is 14.2. The number of hydrogen-bond acceptors (Lipinski definition) is 3. The molecule has 0 saturated carbocycles. The molecule has 0 bridgehead atoms. The smallest absolute Gasteiger partial charge is 0.219 e. The maximum atomic E-state index is 9.07. The van der Waals surface area contributed by atoms with Crippen LogP contribution in [0.25, 0.3) is 5.69 Å². The number of aliphatic hydroxyl groups is 1. The molecule has 0 radical (unpaired) electrons. The van der Waals surface area contributed by atoms with E-state index in [1.165, 1.54) is 0 Å². The van der Waals surface area contributed by atoms with E-state index in [1.807, 2.05) is 19.1 Å². The highest BCUT2D eigenvalue weighted by molar-refractivity contribution is 6.30. The summed E-state index contributed by atoms with van der Waals surface area (Å²) in [7, 11) is 1.60. The number of nitrogens with zero attached hydrogens (tertiary/aromatic N) is 2. The van der Waals surface area contributed by atoms with Gasteiger partial charge in [0.1, 0.15) is 0 Å². The lowest BCUT2D eigenvalue weighted by Gasteiger charge is -2.07. The SMILES string of the molecule is COc1c(CCO)c(C)nn1-c1ccc(Cl)cc1. The molecule has 0 aliphatic carbocycles. The second-order valence-corrected chi connectivity index (χ2v) is 4.37. The van der Waals surface area contributed by atoms with E-state index in [1.54, 1.807) is 23.9 Å². The van der Waals surface area contributed by atoms with Crippen LogP contribution in [0.4, 0.5) is 0 Å². The van der Waals surface area contributed by atoms with Crippen LogP contribution < -0.4 is 4.74 Å². The van der Waals surface area contributed by atoms with Gasteiger partial charge >= 0.3 is 0 Å². The van der Waals surface area contributed by atoms with Gasteiger partial charge in [-0.25, -0.2) is 4.68 Å². The van der Waals surface area contributed by atoms with Crippen LogP contribution >= 0.6 is 11.6 Å². The molecule has 4 nitrogen and oxygen atoms in total. The standard InChI is InChI=1S/C13H15ClN2O2/c1-9-12(7-8-17)13(18-2)16(15-9)11-5-3-10(14)4-6-11/h3-6,17H,7-8H2,1-2H3. The summed E-state index contributed by atoms with van der Waals surface area (Å²) >= 11 is 5.87. The summed E-state index contributed by atoms with van der Waals surface area (Å²) in [6, 6.07) is 7.36. The predicted molar refractivity (Wildman–Crippen MR) is 70.7 cm³/mol. The van der Waals surface area contributed by atoms with E-state index in [9.17, 15) is 0 Å². The van der Waals surface area contributed by atoms with Crippen molar-refractivity contribution in [1.29, 1.82) is 0 Å². The maximum Gasteiger partial charge on any atom is 0.219 e. The number of hydrogen-bond donors (Lipinski definition) is 1. The van der Waals surface area contributed by atoms with Crippen LogP contribution in [0.5, 0.6) is 5.88 Å². The van der Waals surface area contributed by atoms with E-state index in [0.717, 1.165) is 16.9 Å². The minimum absolute atomic E-state index is 0.0729. The van der Waals surface area contributed by atoms with Gasteiger partial charge in [-0.2, -0.15) is 5.10 Å². The molecule has 0 unspecified atom stereocenters. The summed E-state index contributed by atoms with van der Waals surface area (Å²) in [4.78, 5) is 0. The second kappa shape index (κ2) is 5.42. The third-order valence-electron chi connectivity index (χ3n) is 2.76. The first-order valence-corrected chi connectivity index (χ1v) is 6.04. The van der Waals surface area contributed by atoms with Gasteiger partial charge in [0, 0.05) is 23.6 Å². The zero-order valence-corrected chi connectivity index (χ0v) is 11.1. The summed E-state index contributed by atoms with van der Waals surface area (Å²) in [6.07, 6.45) is 0.530. The quantitative estimate of drug-likeness (QED) is 0.924. The molecule has 0 fully saturated rings. The van der Waals surface area contributed by atoms with Crippen LogP contribution in [0.3, 0.4) is 0 Å². The molecule has 96 valence electrons. The van der Waals surface area contributed by atoms with Crippen molar-refractivity contribution >= 4 is 11.6 Å². The van der Waals surface area contributed by atoms with E-state index in [-0.39, 0.29) is 6.61 Å². The van der Waals surface area contributed by atoms with Gasteiger partial charge in [-0.1, -0.05) is 11.6 Å². The first-order valence-electron chi connectivity index (χ1n) is 5.66. The molecule has 1 aromatic heterocycles. The van der Waals surface area contributed by atoms with Crippen LogP contribution in [-0.4, -0.2) is 28.6 Å². The molecule has 0 saturated heterocycles. The number of aryl methyl sites for hydroxylation is 1. The molecular formula is C13H15ClN2O2. The molecule has 18 heavy (non-hydrogen) atoms. The first kappa shape index (κ1) is 12.9. The molecular weight excluding hydrogens is 252 g/mol. The van der Waals surface area contributed by atoms with Gasteiger partial charge in [0.15, 0.2) is 0 Å². The molecule has 0 aliphatic heterocycles. The molecule has 5 heteroatoms. The van der Waals surface area contributed by atoms with E-state index < -0.39 is 0 Å². The van der Waals surface area contributed by atoms with Gasteiger partial charge in [-0.15, -0.1) is 0 Å². The molecule has 1 heterocycles. The topological polar surface area (TPSA) is 47.3 Å². The first-order chi connectivity index (χ1) is 8.67. The van der Waals surface area contributed by atoms with Gasteiger partial charge < -0.3 is 9.84 Å². The predicted octanol–water partition coefficient (Wildman–Crippen LogP) is 2.38. The summed E-state index contributed by atoms with van der Waals surface area (Å²) < 4.78 is 7.11. The zero-order valence-electron chi connectivity index (χ0n) is 10.4. The van der Waals surface area contributed by atoms with E-state index in [0.29, 0.717) is 17.3 Å². The molecule has 1 aromatic carbocycles. The highest BCUT2D eigenvalue weighted by atomic mass is 35.5. The lowest BCUT2D eigenvalue weighted by Crippen LogP contribution is -2.01. The molecule has 0 atom stereocenters. The molecule has 0 amide bonds. The van der Waals surface area contributed by atoms with Gasteiger partial charge in [0.05, 0.1) is 18.5 Å². The van der Waals surface area contributed by atoms with Crippen molar-refractivity contribution in [3.8, 4) is 11.6 Å². The van der Waals surface area contributed by atoms with E-state index in [4.69, 9.17) is 21.4 Å². The van der Waals surface area contributed by atoms with E-state index in [2.05, 4.69) is 5.10 Å².